The second-order valence-electron chi connectivity index (χ2n) is 8.05. The first-order valence-electron chi connectivity index (χ1n) is 11.0. The van der Waals surface area contributed by atoms with Crippen LogP contribution in [0.25, 0.3) is 11.4 Å². The van der Waals surface area contributed by atoms with Crippen LogP contribution in [0, 0.1) is 12.7 Å². The lowest BCUT2D eigenvalue weighted by Crippen LogP contribution is -2.50. The van der Waals surface area contributed by atoms with Crippen molar-refractivity contribution in [3.05, 3.63) is 82.0 Å². The molecular weight excluding hydrogens is 423 g/mol. The normalized spacial score (nSPS) is 13.9. The molecule has 1 amide bonds. The fourth-order valence-electron chi connectivity index (χ4n) is 4.19. The second kappa shape index (κ2) is 9.95. The molecule has 0 radical (unpaired) electrons. The monoisotopic (exact) mass is 450 g/mol. The van der Waals surface area contributed by atoms with E-state index in [0.717, 1.165) is 5.56 Å². The van der Waals surface area contributed by atoms with Crippen molar-refractivity contribution >= 4 is 11.6 Å². The Balaban J connectivity index is 1.57. The van der Waals surface area contributed by atoms with E-state index in [2.05, 4.69) is 4.98 Å². The first-order valence-corrected chi connectivity index (χ1v) is 11.0. The third kappa shape index (κ3) is 4.80. The van der Waals surface area contributed by atoms with Crippen LogP contribution in [0.5, 0.6) is 0 Å². The molecule has 2 heterocycles. The number of nitrogens with zero attached hydrogens (tertiary/aromatic N) is 4. The summed E-state index contributed by atoms with van der Waals surface area (Å²) < 4.78 is 15.5. The standard InChI is InChI=1S/C25H27FN4O3/c1-18-20(11-16-31)25(33)30(24(27-18)19-7-3-2-4-8-19)17-23(32)29-14-12-28(13-15-29)22-10-6-5-9-21(22)26/h2-10,31H,11-17H2,1H3. The van der Waals surface area contributed by atoms with E-state index in [1.165, 1.54) is 10.6 Å². The number of aromatic nitrogens is 2. The predicted molar refractivity (Wildman–Crippen MR) is 125 cm³/mol. The maximum Gasteiger partial charge on any atom is 0.257 e. The molecule has 2 aromatic carbocycles. The molecule has 33 heavy (non-hydrogen) atoms. The lowest BCUT2D eigenvalue weighted by Gasteiger charge is -2.36. The van der Waals surface area contributed by atoms with E-state index >= 15 is 0 Å². The number of para-hydroxylation sites is 1. The summed E-state index contributed by atoms with van der Waals surface area (Å²) in [5, 5.41) is 9.39. The third-order valence-corrected chi connectivity index (χ3v) is 5.98. The molecule has 7 nitrogen and oxygen atoms in total. The van der Waals surface area contributed by atoms with Crippen LogP contribution in [-0.4, -0.2) is 58.3 Å². The molecule has 172 valence electrons. The van der Waals surface area contributed by atoms with Gasteiger partial charge in [-0.25, -0.2) is 9.37 Å². The quantitative estimate of drug-likeness (QED) is 0.623. The smallest absolute Gasteiger partial charge is 0.257 e. The summed E-state index contributed by atoms with van der Waals surface area (Å²) >= 11 is 0. The molecule has 0 bridgehead atoms. The van der Waals surface area contributed by atoms with Crippen LogP contribution in [0.15, 0.2) is 59.4 Å². The van der Waals surface area contributed by atoms with Gasteiger partial charge in [0.15, 0.2) is 0 Å². The number of carbonyl (C=O) groups excluding carboxylic acids is 1. The van der Waals surface area contributed by atoms with Crippen molar-refractivity contribution in [3.8, 4) is 11.4 Å². The van der Waals surface area contributed by atoms with Gasteiger partial charge in [-0.3, -0.25) is 14.2 Å². The SMILES string of the molecule is Cc1nc(-c2ccccc2)n(CC(=O)N2CCN(c3ccccc3F)CC2)c(=O)c1CCO. The largest absolute Gasteiger partial charge is 0.396 e. The minimum absolute atomic E-state index is 0.144. The highest BCUT2D eigenvalue weighted by Gasteiger charge is 2.25. The van der Waals surface area contributed by atoms with Crippen molar-refractivity contribution in [1.82, 2.24) is 14.5 Å². The van der Waals surface area contributed by atoms with Crippen LogP contribution >= 0.6 is 0 Å². The van der Waals surface area contributed by atoms with Gasteiger partial charge in [-0.1, -0.05) is 42.5 Å². The molecule has 1 saturated heterocycles. The van der Waals surface area contributed by atoms with Crippen molar-refractivity contribution in [2.45, 2.75) is 19.9 Å². The second-order valence-corrected chi connectivity index (χ2v) is 8.05. The zero-order chi connectivity index (χ0) is 23.4. The van der Waals surface area contributed by atoms with Gasteiger partial charge in [-0.05, 0) is 19.1 Å². The van der Waals surface area contributed by atoms with Crippen LogP contribution in [0.3, 0.4) is 0 Å². The summed E-state index contributed by atoms with van der Waals surface area (Å²) in [5.41, 5.74) is 1.92. The molecule has 0 aliphatic carbocycles. The van der Waals surface area contributed by atoms with Gasteiger partial charge in [0.25, 0.3) is 5.56 Å². The van der Waals surface area contributed by atoms with E-state index in [4.69, 9.17) is 0 Å². The van der Waals surface area contributed by atoms with Crippen molar-refractivity contribution in [2.24, 2.45) is 0 Å². The van der Waals surface area contributed by atoms with E-state index < -0.39 is 0 Å². The van der Waals surface area contributed by atoms with Gasteiger partial charge in [0.1, 0.15) is 18.2 Å². The third-order valence-electron chi connectivity index (χ3n) is 5.98. The summed E-state index contributed by atoms with van der Waals surface area (Å²) in [6, 6.07) is 15.9. The van der Waals surface area contributed by atoms with Gasteiger partial charge in [0, 0.05) is 56.0 Å². The Kier molecular flexibility index (Phi) is 6.84. The zero-order valence-corrected chi connectivity index (χ0v) is 18.6. The Morgan fingerprint density at radius 3 is 2.36 bits per heavy atom. The van der Waals surface area contributed by atoms with Gasteiger partial charge in [0.05, 0.1) is 5.69 Å². The van der Waals surface area contributed by atoms with E-state index in [9.17, 15) is 19.1 Å². The molecule has 1 N–H and O–H groups in total. The number of amides is 1. The lowest BCUT2D eigenvalue weighted by atomic mass is 10.1. The number of hydrogen-bond acceptors (Lipinski definition) is 5. The molecule has 1 fully saturated rings. The van der Waals surface area contributed by atoms with Crippen LogP contribution < -0.4 is 10.5 Å². The molecule has 8 heteroatoms. The number of aliphatic hydroxyl groups is 1. The van der Waals surface area contributed by atoms with Crippen molar-refractivity contribution in [1.29, 1.82) is 0 Å². The molecule has 0 unspecified atom stereocenters. The van der Waals surface area contributed by atoms with E-state index in [1.807, 2.05) is 35.2 Å². The van der Waals surface area contributed by atoms with Gasteiger partial charge in [-0.2, -0.15) is 0 Å². The number of aliphatic hydroxyl groups excluding tert-OH is 1. The molecule has 0 saturated carbocycles. The number of hydrogen-bond donors (Lipinski definition) is 1. The Labute approximate surface area is 191 Å². The molecule has 3 aromatic rings. The number of aryl methyl sites for hydroxylation is 1. The molecular formula is C25H27FN4O3. The van der Waals surface area contributed by atoms with E-state index in [1.54, 1.807) is 30.0 Å². The van der Waals surface area contributed by atoms with Crippen molar-refractivity contribution in [2.75, 3.05) is 37.7 Å². The molecule has 0 spiro atoms. The van der Waals surface area contributed by atoms with Gasteiger partial charge in [-0.15, -0.1) is 0 Å². The fourth-order valence-corrected chi connectivity index (χ4v) is 4.19. The minimum Gasteiger partial charge on any atom is -0.396 e. The van der Waals surface area contributed by atoms with Crippen LogP contribution in [0.1, 0.15) is 11.3 Å². The Hall–Kier alpha value is -3.52. The van der Waals surface area contributed by atoms with Gasteiger partial charge in [0.2, 0.25) is 5.91 Å². The number of piperazine rings is 1. The molecule has 1 aliphatic heterocycles. The van der Waals surface area contributed by atoms with Crippen LogP contribution in [0.4, 0.5) is 10.1 Å². The average molecular weight is 451 g/mol. The van der Waals surface area contributed by atoms with Crippen LogP contribution in [0.2, 0.25) is 0 Å². The maximum atomic E-state index is 14.1. The highest BCUT2D eigenvalue weighted by Crippen LogP contribution is 2.21. The number of anilines is 1. The average Bonchev–Trinajstić information content (AvgIpc) is 2.84. The molecule has 4 rings (SSSR count). The number of carbonyl (C=O) groups is 1. The Morgan fingerprint density at radius 1 is 1.03 bits per heavy atom. The first-order chi connectivity index (χ1) is 16.0. The zero-order valence-electron chi connectivity index (χ0n) is 18.6. The van der Waals surface area contributed by atoms with Crippen molar-refractivity contribution < 1.29 is 14.3 Å². The Bertz CT molecular complexity index is 1190. The van der Waals surface area contributed by atoms with Crippen LogP contribution in [-0.2, 0) is 17.8 Å². The number of rotatable bonds is 6. The summed E-state index contributed by atoms with van der Waals surface area (Å²) in [4.78, 5) is 34.7. The van der Waals surface area contributed by atoms with Gasteiger partial charge < -0.3 is 14.9 Å². The summed E-state index contributed by atoms with van der Waals surface area (Å²) in [6.45, 7) is 3.32. The maximum absolute atomic E-state index is 14.1. The highest BCUT2D eigenvalue weighted by molar-refractivity contribution is 5.77. The predicted octanol–water partition coefficient (Wildman–Crippen LogP) is 2.24. The van der Waals surface area contributed by atoms with E-state index in [-0.39, 0.29) is 36.9 Å². The fraction of sp³-hybridized carbons (Fsp3) is 0.320. The summed E-state index contributed by atoms with van der Waals surface area (Å²) in [6.07, 6.45) is 0.183. The highest BCUT2D eigenvalue weighted by atomic mass is 19.1. The first kappa shape index (κ1) is 22.7. The number of benzene rings is 2. The van der Waals surface area contributed by atoms with Crippen molar-refractivity contribution in [3.63, 3.8) is 0 Å². The molecule has 1 aromatic heterocycles. The van der Waals surface area contributed by atoms with Gasteiger partial charge >= 0.3 is 0 Å². The topological polar surface area (TPSA) is 78.7 Å². The van der Waals surface area contributed by atoms with E-state index in [0.29, 0.717) is 48.9 Å². The number of halogens is 1. The lowest BCUT2D eigenvalue weighted by molar-refractivity contribution is -0.132. The molecule has 1 aliphatic rings. The summed E-state index contributed by atoms with van der Waals surface area (Å²) in [5.74, 6) is -0.0420. The summed E-state index contributed by atoms with van der Waals surface area (Å²) in [7, 11) is 0. The minimum atomic E-state index is -0.311. The Morgan fingerprint density at radius 2 is 1.70 bits per heavy atom. The molecule has 0 atom stereocenters.